The van der Waals surface area contributed by atoms with Crippen LogP contribution in [0.1, 0.15) is 393 Å². The van der Waals surface area contributed by atoms with Crippen molar-refractivity contribution in [2.45, 2.75) is 417 Å². The van der Waals surface area contributed by atoms with Gasteiger partial charge in [0, 0.05) is 0 Å². The zero-order valence-corrected chi connectivity index (χ0v) is 49.9. The molecule has 0 fully saturated rings. The van der Waals surface area contributed by atoms with Gasteiger partial charge in [-0.05, 0) is 12.8 Å². The Kier molecular flexibility index (Phi) is 61.6. The second kappa shape index (κ2) is 62.2. The fourth-order valence-electron chi connectivity index (χ4n) is 11.3. The molecule has 0 spiro atoms. The molecule has 0 bridgehead atoms. The fraction of sp³-hybridized carbons (Fsp3) is 0.985. The highest BCUT2D eigenvalue weighted by atomic mass is 16.3. The topological polar surface area (TPSA) is 110 Å². The number of carbonyl (C=O) groups excluding carboxylic acids is 1. The predicted molar refractivity (Wildman–Crippen MR) is 321 cm³/mol. The second-order valence-corrected chi connectivity index (χ2v) is 23.9. The van der Waals surface area contributed by atoms with Crippen molar-refractivity contribution >= 4 is 5.91 Å². The number of carbonyl (C=O) groups is 1. The third kappa shape index (κ3) is 55.9. The van der Waals surface area contributed by atoms with Gasteiger partial charge < -0.3 is 25.7 Å². The van der Waals surface area contributed by atoms with Crippen LogP contribution >= 0.6 is 0 Å². The Morgan fingerprint density at radius 1 is 0.288 bits per heavy atom. The SMILES string of the molecule is CCCCCCCCCCCCCCCCCCCCCCCCCCCCCCCC(O)C(O)C(CO)NC(=O)C(O)CCCCCCCCCCCCCCCCCCCCCCCCCCCCCC. The first-order chi connectivity index (χ1) is 36.0. The molecule has 0 aliphatic carbocycles. The number of amides is 1. The molecule has 0 aromatic heterocycles. The predicted octanol–water partition coefficient (Wildman–Crippen LogP) is 20.6. The minimum absolute atomic E-state index is 0.377. The largest absolute Gasteiger partial charge is 0.394 e. The van der Waals surface area contributed by atoms with Crippen LogP contribution in [0.4, 0.5) is 0 Å². The molecule has 0 aromatic carbocycles. The molecule has 438 valence electrons. The van der Waals surface area contributed by atoms with Gasteiger partial charge in [-0.2, -0.15) is 0 Å². The van der Waals surface area contributed by atoms with Crippen LogP contribution < -0.4 is 5.32 Å². The van der Waals surface area contributed by atoms with E-state index in [1.807, 2.05) is 0 Å². The maximum absolute atomic E-state index is 12.7. The molecule has 0 aliphatic heterocycles. The molecule has 1 amide bonds. The standard InChI is InChI=1S/C67H135NO5/c1-3-5-7-9-11-13-15-17-19-21-23-25-27-29-31-33-35-36-38-40-42-44-46-48-50-52-54-56-58-60-64(70)66(72)63(62-69)68-67(73)65(71)61-59-57-55-53-51-49-47-45-43-41-39-37-34-32-30-28-26-24-22-20-18-16-14-12-10-8-6-4-2/h63-66,69-72H,3-62H2,1-2H3,(H,68,73). The third-order valence-electron chi connectivity index (χ3n) is 16.6. The number of aliphatic hydroxyl groups excluding tert-OH is 4. The third-order valence-corrected chi connectivity index (χ3v) is 16.6. The first-order valence-electron chi connectivity index (χ1n) is 33.9. The molecule has 0 saturated heterocycles. The lowest BCUT2D eigenvalue weighted by Gasteiger charge is -2.27. The second-order valence-electron chi connectivity index (χ2n) is 23.9. The Morgan fingerprint density at radius 3 is 0.658 bits per heavy atom. The summed E-state index contributed by atoms with van der Waals surface area (Å²) in [6.07, 6.45) is 75.0. The number of rotatable bonds is 64. The number of hydrogen-bond acceptors (Lipinski definition) is 5. The van der Waals surface area contributed by atoms with Crippen molar-refractivity contribution in [3.63, 3.8) is 0 Å². The molecule has 0 heterocycles. The van der Waals surface area contributed by atoms with Gasteiger partial charge in [0.2, 0.25) is 5.91 Å². The van der Waals surface area contributed by atoms with E-state index in [0.717, 1.165) is 38.5 Å². The Labute approximate surface area is 458 Å². The molecule has 4 atom stereocenters. The van der Waals surface area contributed by atoms with E-state index >= 15 is 0 Å². The molecule has 6 nitrogen and oxygen atoms in total. The van der Waals surface area contributed by atoms with Gasteiger partial charge in [-0.3, -0.25) is 4.79 Å². The molecule has 0 aromatic rings. The number of unbranched alkanes of at least 4 members (excludes halogenated alkanes) is 55. The van der Waals surface area contributed by atoms with Crippen molar-refractivity contribution in [3.05, 3.63) is 0 Å². The normalized spacial score (nSPS) is 13.5. The zero-order valence-electron chi connectivity index (χ0n) is 49.9. The quantitative estimate of drug-likeness (QED) is 0.0390. The molecule has 5 N–H and O–H groups in total. The maximum atomic E-state index is 12.7. The molecular weight excluding hydrogens is 899 g/mol. The zero-order chi connectivity index (χ0) is 53.0. The molecule has 0 aliphatic rings. The average Bonchev–Trinajstić information content (AvgIpc) is 3.40. The first-order valence-corrected chi connectivity index (χ1v) is 33.9. The minimum Gasteiger partial charge on any atom is -0.394 e. The summed E-state index contributed by atoms with van der Waals surface area (Å²) in [7, 11) is 0. The summed E-state index contributed by atoms with van der Waals surface area (Å²) in [6, 6.07) is -0.982. The van der Waals surface area contributed by atoms with Crippen LogP contribution in [0, 0.1) is 0 Å². The van der Waals surface area contributed by atoms with E-state index < -0.39 is 36.9 Å². The summed E-state index contributed by atoms with van der Waals surface area (Å²) in [5.41, 5.74) is 0. The smallest absolute Gasteiger partial charge is 0.249 e. The molecule has 0 radical (unpaired) electrons. The van der Waals surface area contributed by atoms with Crippen LogP contribution in [0.5, 0.6) is 0 Å². The summed E-state index contributed by atoms with van der Waals surface area (Å²) < 4.78 is 0. The first kappa shape index (κ1) is 72.3. The van der Waals surface area contributed by atoms with Crippen molar-refractivity contribution < 1.29 is 25.2 Å². The van der Waals surface area contributed by atoms with Crippen molar-refractivity contribution in [2.75, 3.05) is 6.61 Å². The molecule has 4 unspecified atom stereocenters. The molecule has 0 rings (SSSR count). The Hall–Kier alpha value is -0.690. The molecule has 6 heteroatoms. The van der Waals surface area contributed by atoms with Crippen LogP contribution in [0.25, 0.3) is 0 Å². The lowest BCUT2D eigenvalue weighted by atomic mass is 9.99. The average molecular weight is 1030 g/mol. The van der Waals surface area contributed by atoms with Gasteiger partial charge >= 0.3 is 0 Å². The molecular formula is C67H135NO5. The summed E-state index contributed by atoms with van der Waals surface area (Å²) in [5, 5.41) is 44.2. The van der Waals surface area contributed by atoms with E-state index in [1.165, 1.54) is 327 Å². The molecule has 73 heavy (non-hydrogen) atoms. The van der Waals surface area contributed by atoms with Crippen LogP contribution in [-0.4, -0.2) is 57.3 Å². The minimum atomic E-state index is -1.26. The van der Waals surface area contributed by atoms with Gasteiger partial charge in [-0.15, -0.1) is 0 Å². The monoisotopic (exact) mass is 1030 g/mol. The number of aliphatic hydroxyl groups is 4. The van der Waals surface area contributed by atoms with Crippen molar-refractivity contribution in [1.82, 2.24) is 5.32 Å². The van der Waals surface area contributed by atoms with Crippen LogP contribution in [0.15, 0.2) is 0 Å². The van der Waals surface area contributed by atoms with Crippen LogP contribution in [0.2, 0.25) is 0 Å². The Bertz CT molecular complexity index is 1030. The van der Waals surface area contributed by atoms with Crippen molar-refractivity contribution in [3.8, 4) is 0 Å². The van der Waals surface area contributed by atoms with Gasteiger partial charge in [0.1, 0.15) is 12.2 Å². The van der Waals surface area contributed by atoms with Gasteiger partial charge in [-0.25, -0.2) is 0 Å². The number of nitrogens with one attached hydrogen (secondary N) is 1. The van der Waals surface area contributed by atoms with E-state index in [9.17, 15) is 25.2 Å². The van der Waals surface area contributed by atoms with Gasteiger partial charge in [0.15, 0.2) is 0 Å². The summed E-state index contributed by atoms with van der Waals surface area (Å²) in [5.74, 6) is -0.573. The van der Waals surface area contributed by atoms with Gasteiger partial charge in [0.25, 0.3) is 0 Å². The number of hydrogen-bond donors (Lipinski definition) is 5. The van der Waals surface area contributed by atoms with Crippen LogP contribution in [-0.2, 0) is 4.79 Å². The van der Waals surface area contributed by atoms with E-state index in [0.29, 0.717) is 12.8 Å². The highest BCUT2D eigenvalue weighted by Gasteiger charge is 2.28. The van der Waals surface area contributed by atoms with Crippen molar-refractivity contribution in [2.24, 2.45) is 0 Å². The lowest BCUT2D eigenvalue weighted by Crippen LogP contribution is -2.53. The van der Waals surface area contributed by atoms with Gasteiger partial charge in [-0.1, -0.05) is 380 Å². The molecule has 0 saturated carbocycles. The fourth-order valence-corrected chi connectivity index (χ4v) is 11.3. The highest BCUT2D eigenvalue weighted by Crippen LogP contribution is 2.20. The van der Waals surface area contributed by atoms with Crippen LogP contribution in [0.3, 0.4) is 0 Å². The maximum Gasteiger partial charge on any atom is 0.249 e. The van der Waals surface area contributed by atoms with E-state index in [-0.39, 0.29) is 0 Å². The Balaban J connectivity index is 3.52. The summed E-state index contributed by atoms with van der Waals surface area (Å²) in [4.78, 5) is 12.7. The van der Waals surface area contributed by atoms with E-state index in [4.69, 9.17) is 0 Å². The van der Waals surface area contributed by atoms with E-state index in [2.05, 4.69) is 19.2 Å². The van der Waals surface area contributed by atoms with Crippen molar-refractivity contribution in [1.29, 1.82) is 0 Å². The Morgan fingerprint density at radius 2 is 0.466 bits per heavy atom. The highest BCUT2D eigenvalue weighted by molar-refractivity contribution is 5.80. The lowest BCUT2D eigenvalue weighted by molar-refractivity contribution is -0.132. The van der Waals surface area contributed by atoms with E-state index in [1.54, 1.807) is 0 Å². The summed E-state index contributed by atoms with van der Waals surface area (Å²) in [6.45, 7) is 4.12. The van der Waals surface area contributed by atoms with Gasteiger partial charge in [0.05, 0.1) is 18.8 Å². The summed E-state index contributed by atoms with van der Waals surface area (Å²) >= 11 is 0.